The van der Waals surface area contributed by atoms with Crippen molar-refractivity contribution < 1.29 is 4.79 Å². The summed E-state index contributed by atoms with van der Waals surface area (Å²) < 4.78 is 0. The number of nitrogens with zero attached hydrogens (tertiary/aromatic N) is 2. The number of pyridine rings is 1. The van der Waals surface area contributed by atoms with Gasteiger partial charge >= 0.3 is 0 Å². The number of aromatic nitrogens is 1. The third-order valence-corrected chi connectivity index (χ3v) is 4.91. The average Bonchev–Trinajstić information content (AvgIpc) is 2.65. The van der Waals surface area contributed by atoms with Gasteiger partial charge in [0, 0.05) is 38.6 Å². The second-order valence-electron chi connectivity index (χ2n) is 7.00. The summed E-state index contributed by atoms with van der Waals surface area (Å²) in [7, 11) is 1.78. The second-order valence-corrected chi connectivity index (χ2v) is 7.00. The minimum Gasteiger partial charge on any atom is -0.355 e. The molecule has 3 N–H and O–H groups in total. The number of nitrogens with one attached hydrogen (secondary N) is 3. The Labute approximate surface area is 174 Å². The van der Waals surface area contributed by atoms with Gasteiger partial charge < -0.3 is 16.0 Å². The van der Waals surface area contributed by atoms with Crippen LogP contribution in [-0.4, -0.2) is 43.0 Å². The molecule has 0 radical (unpaired) electrons. The molecule has 0 spiro atoms. The summed E-state index contributed by atoms with van der Waals surface area (Å²) in [5.41, 5.74) is 0.576. The van der Waals surface area contributed by atoms with Crippen molar-refractivity contribution in [1.29, 1.82) is 0 Å². The summed E-state index contributed by atoms with van der Waals surface area (Å²) in [6.07, 6.45) is 8.18. The van der Waals surface area contributed by atoms with Gasteiger partial charge in [-0.15, -0.1) is 24.0 Å². The normalized spacial score (nSPS) is 20.2. The summed E-state index contributed by atoms with van der Waals surface area (Å²) in [5, 5.41) is 9.64. The third-order valence-electron chi connectivity index (χ3n) is 4.91. The lowest BCUT2D eigenvalue weighted by molar-refractivity contribution is 0.0954. The number of halogens is 1. The molecule has 2 rings (SSSR count). The van der Waals surface area contributed by atoms with Crippen LogP contribution in [0.25, 0.3) is 0 Å². The highest BCUT2D eigenvalue weighted by molar-refractivity contribution is 14.0. The van der Waals surface area contributed by atoms with E-state index in [4.69, 9.17) is 0 Å². The first-order valence-electron chi connectivity index (χ1n) is 9.25. The number of hydrogen-bond donors (Lipinski definition) is 3. The molecule has 6 nitrogen and oxygen atoms in total. The molecule has 26 heavy (non-hydrogen) atoms. The van der Waals surface area contributed by atoms with Crippen LogP contribution >= 0.6 is 24.0 Å². The van der Waals surface area contributed by atoms with Gasteiger partial charge in [-0.05, 0) is 49.7 Å². The molecular weight excluding hydrogens is 441 g/mol. The molecule has 0 saturated heterocycles. The SMILES string of the molecule is CN=C(NCCNC(=O)c1cccnc1)NC1CCC(C(C)C)CC1.I. The van der Waals surface area contributed by atoms with Crippen molar-refractivity contribution in [3.05, 3.63) is 30.1 Å². The minimum absolute atomic E-state index is 0. The summed E-state index contributed by atoms with van der Waals surface area (Å²) in [4.78, 5) is 20.2. The minimum atomic E-state index is -0.107. The Morgan fingerprint density at radius 1 is 1.23 bits per heavy atom. The van der Waals surface area contributed by atoms with Gasteiger partial charge in [0.2, 0.25) is 0 Å². The first-order valence-corrected chi connectivity index (χ1v) is 9.25. The van der Waals surface area contributed by atoms with Crippen LogP contribution in [0.5, 0.6) is 0 Å². The number of carbonyl (C=O) groups is 1. The Kier molecular flexibility index (Phi) is 10.5. The smallest absolute Gasteiger partial charge is 0.252 e. The molecule has 0 bridgehead atoms. The molecule has 0 aliphatic heterocycles. The maximum absolute atomic E-state index is 11.9. The fourth-order valence-electron chi connectivity index (χ4n) is 3.27. The number of guanidine groups is 1. The largest absolute Gasteiger partial charge is 0.355 e. The number of rotatable bonds is 6. The van der Waals surface area contributed by atoms with Gasteiger partial charge in [-0.2, -0.15) is 0 Å². The van der Waals surface area contributed by atoms with E-state index < -0.39 is 0 Å². The van der Waals surface area contributed by atoms with E-state index in [1.165, 1.54) is 25.7 Å². The van der Waals surface area contributed by atoms with E-state index in [9.17, 15) is 4.79 Å². The molecule has 1 fully saturated rings. The lowest BCUT2D eigenvalue weighted by Gasteiger charge is -2.32. The fourth-order valence-corrected chi connectivity index (χ4v) is 3.27. The van der Waals surface area contributed by atoms with Gasteiger partial charge in [0.25, 0.3) is 5.91 Å². The lowest BCUT2D eigenvalue weighted by Crippen LogP contribution is -2.47. The zero-order valence-corrected chi connectivity index (χ0v) is 18.3. The van der Waals surface area contributed by atoms with Crippen molar-refractivity contribution in [2.45, 2.75) is 45.6 Å². The number of amides is 1. The first-order chi connectivity index (χ1) is 12.1. The van der Waals surface area contributed by atoms with Gasteiger partial charge in [0.05, 0.1) is 5.56 Å². The molecule has 0 unspecified atom stereocenters. The van der Waals surface area contributed by atoms with Crippen LogP contribution in [0.4, 0.5) is 0 Å². The summed E-state index contributed by atoms with van der Waals surface area (Å²) >= 11 is 0. The highest BCUT2D eigenvalue weighted by atomic mass is 127. The van der Waals surface area contributed by atoms with Crippen LogP contribution in [-0.2, 0) is 0 Å². The molecule has 0 atom stereocenters. The number of carbonyl (C=O) groups excluding carboxylic acids is 1. The molecule has 146 valence electrons. The average molecular weight is 473 g/mol. The summed E-state index contributed by atoms with van der Waals surface area (Å²) in [5.74, 6) is 2.34. The quantitative estimate of drug-likeness (QED) is 0.257. The van der Waals surface area contributed by atoms with Gasteiger partial charge in [-0.1, -0.05) is 13.8 Å². The van der Waals surface area contributed by atoms with Crippen LogP contribution in [0.2, 0.25) is 0 Å². The second kappa shape index (κ2) is 12.1. The molecular formula is C19H32IN5O. The van der Waals surface area contributed by atoms with E-state index in [1.54, 1.807) is 31.6 Å². The molecule has 1 heterocycles. The predicted molar refractivity (Wildman–Crippen MR) is 117 cm³/mol. The Bertz CT molecular complexity index is 556. The molecule has 1 amide bonds. The summed E-state index contributed by atoms with van der Waals surface area (Å²) in [6.45, 7) is 5.80. The maximum atomic E-state index is 11.9. The highest BCUT2D eigenvalue weighted by Gasteiger charge is 2.23. The van der Waals surface area contributed by atoms with Crippen LogP contribution < -0.4 is 16.0 Å². The predicted octanol–water partition coefficient (Wildman–Crippen LogP) is 2.81. The van der Waals surface area contributed by atoms with Crippen molar-refractivity contribution in [3.63, 3.8) is 0 Å². The summed E-state index contributed by atoms with van der Waals surface area (Å²) in [6, 6.07) is 4.00. The van der Waals surface area contributed by atoms with E-state index in [-0.39, 0.29) is 29.9 Å². The zero-order chi connectivity index (χ0) is 18.1. The van der Waals surface area contributed by atoms with E-state index in [1.807, 2.05) is 0 Å². The van der Waals surface area contributed by atoms with E-state index in [0.29, 0.717) is 24.7 Å². The molecule has 1 aliphatic rings. The molecule has 0 aromatic carbocycles. The van der Waals surface area contributed by atoms with E-state index in [0.717, 1.165) is 17.8 Å². The van der Waals surface area contributed by atoms with Crippen molar-refractivity contribution in [1.82, 2.24) is 20.9 Å². The first kappa shape index (κ1) is 22.7. The number of aliphatic imine (C=N–C) groups is 1. The standard InChI is InChI=1S/C19H31N5O.HI/c1-14(2)15-6-8-17(9-7-15)24-19(20-3)23-12-11-22-18(25)16-5-4-10-21-13-16;/h4-5,10,13-15,17H,6-9,11-12H2,1-3H3,(H,22,25)(H2,20,23,24);1H. The third kappa shape index (κ3) is 7.47. The van der Waals surface area contributed by atoms with Crippen molar-refractivity contribution in [3.8, 4) is 0 Å². The van der Waals surface area contributed by atoms with Gasteiger partial charge in [-0.25, -0.2) is 0 Å². The van der Waals surface area contributed by atoms with Crippen LogP contribution in [0, 0.1) is 11.8 Å². The maximum Gasteiger partial charge on any atom is 0.252 e. The van der Waals surface area contributed by atoms with E-state index in [2.05, 4.69) is 39.8 Å². The van der Waals surface area contributed by atoms with Crippen LogP contribution in [0.3, 0.4) is 0 Å². The van der Waals surface area contributed by atoms with Crippen molar-refractivity contribution >= 4 is 35.8 Å². The van der Waals surface area contributed by atoms with Gasteiger partial charge in [-0.3, -0.25) is 14.8 Å². The lowest BCUT2D eigenvalue weighted by atomic mass is 9.80. The number of hydrogen-bond acceptors (Lipinski definition) is 3. The van der Waals surface area contributed by atoms with Crippen molar-refractivity contribution in [2.75, 3.05) is 20.1 Å². The Morgan fingerprint density at radius 3 is 2.50 bits per heavy atom. The fraction of sp³-hybridized carbons (Fsp3) is 0.632. The van der Waals surface area contributed by atoms with Crippen LogP contribution in [0.1, 0.15) is 49.9 Å². The van der Waals surface area contributed by atoms with Crippen molar-refractivity contribution in [2.24, 2.45) is 16.8 Å². The highest BCUT2D eigenvalue weighted by Crippen LogP contribution is 2.29. The Hall–Kier alpha value is -1.38. The molecule has 1 saturated carbocycles. The molecule has 1 aromatic rings. The van der Waals surface area contributed by atoms with Gasteiger partial charge in [0.1, 0.15) is 0 Å². The van der Waals surface area contributed by atoms with E-state index >= 15 is 0 Å². The topological polar surface area (TPSA) is 78.4 Å². The molecule has 1 aliphatic carbocycles. The Balaban J connectivity index is 0.00000338. The van der Waals surface area contributed by atoms with Crippen LogP contribution in [0.15, 0.2) is 29.5 Å². The zero-order valence-electron chi connectivity index (χ0n) is 16.0. The Morgan fingerprint density at radius 2 is 1.92 bits per heavy atom. The molecule has 7 heteroatoms. The van der Waals surface area contributed by atoms with Gasteiger partial charge in [0.15, 0.2) is 5.96 Å². The molecule has 1 aromatic heterocycles. The monoisotopic (exact) mass is 473 g/mol.